The number of aromatic nitrogens is 1. The van der Waals surface area contributed by atoms with Crippen LogP contribution in [0.2, 0.25) is 0 Å². The summed E-state index contributed by atoms with van der Waals surface area (Å²) in [5.41, 5.74) is 4.56. The molecule has 1 aliphatic rings. The van der Waals surface area contributed by atoms with Crippen LogP contribution in [0, 0.1) is 0 Å². The number of amides is 1. The molecule has 0 aliphatic carbocycles. The molecule has 0 spiro atoms. The number of pyridine rings is 1. The third-order valence-electron chi connectivity index (χ3n) is 5.31. The van der Waals surface area contributed by atoms with Crippen LogP contribution >= 0.6 is 0 Å². The van der Waals surface area contributed by atoms with Crippen LogP contribution in [0.4, 0.5) is 5.69 Å². The van der Waals surface area contributed by atoms with Crippen molar-refractivity contribution in [2.75, 3.05) is 38.1 Å². The molecule has 0 radical (unpaired) electrons. The van der Waals surface area contributed by atoms with Gasteiger partial charge in [-0.2, -0.15) is 0 Å². The van der Waals surface area contributed by atoms with Gasteiger partial charge in [0.15, 0.2) is 0 Å². The van der Waals surface area contributed by atoms with E-state index in [-0.39, 0.29) is 5.91 Å². The lowest BCUT2D eigenvalue weighted by atomic mass is 10.1. The van der Waals surface area contributed by atoms with Crippen molar-refractivity contribution in [1.82, 2.24) is 15.2 Å². The first kappa shape index (κ1) is 19.2. The zero-order chi connectivity index (χ0) is 20.1. The minimum absolute atomic E-state index is 0.162. The molecule has 1 fully saturated rings. The van der Waals surface area contributed by atoms with Crippen molar-refractivity contribution >= 4 is 11.6 Å². The van der Waals surface area contributed by atoms with Crippen molar-refractivity contribution in [3.63, 3.8) is 0 Å². The zero-order valence-corrected chi connectivity index (χ0v) is 16.7. The highest BCUT2D eigenvalue weighted by atomic mass is 16.1. The number of hydrogen-bond acceptors (Lipinski definition) is 4. The first-order valence-corrected chi connectivity index (χ1v) is 10.0. The number of anilines is 1. The topological polar surface area (TPSA) is 48.5 Å². The molecule has 29 heavy (non-hydrogen) atoms. The predicted octanol–water partition coefficient (Wildman–Crippen LogP) is 3.43. The molecule has 1 aliphatic heterocycles. The number of piperazine rings is 1. The van der Waals surface area contributed by atoms with Gasteiger partial charge in [0.2, 0.25) is 0 Å². The maximum Gasteiger partial charge on any atom is 0.270 e. The van der Waals surface area contributed by atoms with E-state index >= 15 is 0 Å². The van der Waals surface area contributed by atoms with E-state index in [4.69, 9.17) is 0 Å². The number of hydrogen-bond donors (Lipinski definition) is 1. The van der Waals surface area contributed by atoms with E-state index in [0.717, 1.165) is 43.0 Å². The van der Waals surface area contributed by atoms with E-state index < -0.39 is 0 Å². The van der Waals surface area contributed by atoms with E-state index in [1.165, 1.54) is 5.69 Å². The molecule has 2 heterocycles. The van der Waals surface area contributed by atoms with Gasteiger partial charge in [0.25, 0.3) is 5.91 Å². The second kappa shape index (κ2) is 8.88. The fraction of sp³-hybridized carbons (Fsp3) is 0.250. The summed E-state index contributed by atoms with van der Waals surface area (Å²) in [6.07, 6.45) is 0. The molecule has 3 aromatic rings. The number of rotatable bonds is 5. The van der Waals surface area contributed by atoms with Gasteiger partial charge in [-0.15, -0.1) is 0 Å². The predicted molar refractivity (Wildman–Crippen MR) is 117 cm³/mol. The molecular weight excluding hydrogens is 360 g/mol. The van der Waals surface area contributed by atoms with Crippen LogP contribution in [0.15, 0.2) is 72.8 Å². The molecule has 4 rings (SSSR count). The van der Waals surface area contributed by atoms with Gasteiger partial charge in [-0.05, 0) is 36.9 Å². The number of carbonyl (C=O) groups excluding carboxylic acids is 1. The van der Waals surface area contributed by atoms with Crippen LogP contribution in [0.25, 0.3) is 11.3 Å². The van der Waals surface area contributed by atoms with Crippen LogP contribution in [0.3, 0.4) is 0 Å². The maximum absolute atomic E-state index is 12.5. The molecular formula is C24H26N4O. The normalized spacial score (nSPS) is 14.6. The summed E-state index contributed by atoms with van der Waals surface area (Å²) in [4.78, 5) is 21.8. The van der Waals surface area contributed by atoms with E-state index in [1.54, 1.807) is 6.07 Å². The second-order valence-corrected chi connectivity index (χ2v) is 7.41. The van der Waals surface area contributed by atoms with Crippen LogP contribution < -0.4 is 10.2 Å². The van der Waals surface area contributed by atoms with Gasteiger partial charge in [-0.1, -0.05) is 48.5 Å². The molecule has 1 saturated heterocycles. The molecule has 2 aromatic carbocycles. The Morgan fingerprint density at radius 1 is 0.897 bits per heavy atom. The zero-order valence-electron chi connectivity index (χ0n) is 16.7. The van der Waals surface area contributed by atoms with Crippen molar-refractivity contribution in [2.24, 2.45) is 0 Å². The molecule has 0 bridgehead atoms. The highest BCUT2D eigenvalue weighted by molar-refractivity contribution is 5.92. The number of nitrogens with one attached hydrogen (secondary N) is 1. The van der Waals surface area contributed by atoms with Gasteiger partial charge in [0.1, 0.15) is 5.69 Å². The Morgan fingerprint density at radius 2 is 1.62 bits per heavy atom. The fourth-order valence-electron chi connectivity index (χ4n) is 3.50. The Kier molecular flexibility index (Phi) is 5.86. The first-order valence-electron chi connectivity index (χ1n) is 10.0. The van der Waals surface area contributed by atoms with Gasteiger partial charge in [0.05, 0.1) is 5.69 Å². The quantitative estimate of drug-likeness (QED) is 0.730. The number of benzene rings is 2. The number of likely N-dealkylation sites (N-methyl/N-ethyl adjacent to an activating group) is 1. The highest BCUT2D eigenvalue weighted by Gasteiger charge is 2.14. The van der Waals surface area contributed by atoms with Crippen LogP contribution in [0.1, 0.15) is 16.1 Å². The van der Waals surface area contributed by atoms with Gasteiger partial charge < -0.3 is 15.1 Å². The molecule has 0 saturated carbocycles. The van der Waals surface area contributed by atoms with Crippen molar-refractivity contribution in [2.45, 2.75) is 6.54 Å². The van der Waals surface area contributed by atoms with Crippen LogP contribution in [-0.4, -0.2) is 49.0 Å². The Morgan fingerprint density at radius 3 is 2.34 bits per heavy atom. The van der Waals surface area contributed by atoms with Crippen molar-refractivity contribution in [1.29, 1.82) is 0 Å². The first-order chi connectivity index (χ1) is 14.2. The Hall–Kier alpha value is -3.18. The molecule has 1 aromatic heterocycles. The monoisotopic (exact) mass is 386 g/mol. The third kappa shape index (κ3) is 4.81. The molecule has 0 unspecified atom stereocenters. The standard InChI is InChI=1S/C24H26N4O/c1-27-14-16-28(17-15-27)21-12-10-20(11-13-21)22-8-5-9-23(26-22)24(29)25-18-19-6-3-2-4-7-19/h2-13H,14-18H2,1H3,(H,25,29). The maximum atomic E-state index is 12.5. The van der Waals surface area contributed by atoms with Gasteiger partial charge >= 0.3 is 0 Å². The highest BCUT2D eigenvalue weighted by Crippen LogP contribution is 2.23. The third-order valence-corrected chi connectivity index (χ3v) is 5.31. The van der Waals surface area contributed by atoms with Crippen molar-refractivity contribution < 1.29 is 4.79 Å². The average molecular weight is 386 g/mol. The van der Waals surface area contributed by atoms with Gasteiger partial charge in [-0.3, -0.25) is 4.79 Å². The lowest BCUT2D eigenvalue weighted by Gasteiger charge is -2.34. The number of carbonyl (C=O) groups is 1. The summed E-state index contributed by atoms with van der Waals surface area (Å²) in [6, 6.07) is 23.9. The van der Waals surface area contributed by atoms with E-state index in [1.807, 2.05) is 42.5 Å². The average Bonchev–Trinajstić information content (AvgIpc) is 2.79. The summed E-state index contributed by atoms with van der Waals surface area (Å²) in [7, 11) is 2.16. The van der Waals surface area contributed by atoms with Crippen molar-refractivity contribution in [3.8, 4) is 11.3 Å². The Labute approximate surface area is 172 Å². The lowest BCUT2D eigenvalue weighted by molar-refractivity contribution is 0.0946. The summed E-state index contributed by atoms with van der Waals surface area (Å²) in [5.74, 6) is -0.162. The SMILES string of the molecule is CN1CCN(c2ccc(-c3cccc(C(=O)NCc4ccccc4)n3)cc2)CC1. The Bertz CT molecular complexity index is 948. The summed E-state index contributed by atoms with van der Waals surface area (Å²) in [5, 5.41) is 2.94. The van der Waals surface area contributed by atoms with E-state index in [0.29, 0.717) is 12.2 Å². The van der Waals surface area contributed by atoms with E-state index in [9.17, 15) is 4.79 Å². The van der Waals surface area contributed by atoms with Crippen molar-refractivity contribution in [3.05, 3.63) is 84.1 Å². The smallest absolute Gasteiger partial charge is 0.270 e. The van der Waals surface area contributed by atoms with Crippen LogP contribution in [0.5, 0.6) is 0 Å². The number of nitrogens with zero attached hydrogens (tertiary/aromatic N) is 3. The minimum Gasteiger partial charge on any atom is -0.369 e. The van der Waals surface area contributed by atoms with Crippen LogP contribution in [-0.2, 0) is 6.54 Å². The summed E-state index contributed by atoms with van der Waals surface area (Å²) < 4.78 is 0. The molecule has 5 nitrogen and oxygen atoms in total. The molecule has 1 N–H and O–H groups in total. The largest absolute Gasteiger partial charge is 0.369 e. The summed E-state index contributed by atoms with van der Waals surface area (Å²) in [6.45, 7) is 4.76. The minimum atomic E-state index is -0.162. The second-order valence-electron chi connectivity index (χ2n) is 7.41. The van der Waals surface area contributed by atoms with Gasteiger partial charge in [-0.25, -0.2) is 4.98 Å². The Balaban J connectivity index is 1.43. The molecule has 5 heteroatoms. The molecule has 0 atom stereocenters. The lowest BCUT2D eigenvalue weighted by Crippen LogP contribution is -2.44. The molecule has 148 valence electrons. The van der Waals surface area contributed by atoms with Gasteiger partial charge in [0, 0.05) is 44.0 Å². The fourth-order valence-corrected chi connectivity index (χ4v) is 3.50. The van der Waals surface area contributed by atoms with E-state index in [2.05, 4.69) is 51.4 Å². The molecule has 1 amide bonds. The summed E-state index contributed by atoms with van der Waals surface area (Å²) >= 11 is 0.